The van der Waals surface area contributed by atoms with Gasteiger partial charge in [-0.25, -0.2) is 4.79 Å². The Kier molecular flexibility index (Phi) is 8.38. The summed E-state index contributed by atoms with van der Waals surface area (Å²) >= 11 is 1.32. The van der Waals surface area contributed by atoms with Crippen molar-refractivity contribution in [2.45, 2.75) is 37.6 Å². The molecule has 0 bridgehead atoms. The summed E-state index contributed by atoms with van der Waals surface area (Å²) in [5, 5.41) is 12.3. The molecular weight excluding hydrogens is 468 g/mol. The maximum absolute atomic E-state index is 12.6. The Bertz CT molecular complexity index is 1140. The molecule has 1 aromatic heterocycles. The summed E-state index contributed by atoms with van der Waals surface area (Å²) in [6, 6.07) is 14.3. The van der Waals surface area contributed by atoms with Crippen molar-refractivity contribution in [2.75, 3.05) is 31.4 Å². The van der Waals surface area contributed by atoms with E-state index in [0.29, 0.717) is 29.6 Å². The van der Waals surface area contributed by atoms with E-state index in [1.54, 1.807) is 38.3 Å². The standard InChI is InChI=1S/C25H28N4O5S/c1-3-33-24(31)18-6-10-19(11-7-18)26-22(30)16-35-25-28-27-23(17-8-12-20(32-2)13-9-17)29(25)15-21-5-4-14-34-21/h6-13,21H,3-5,14-16H2,1-2H3,(H,26,30)/t21-/m1/s1. The Morgan fingerprint density at radius 2 is 1.91 bits per heavy atom. The number of rotatable bonds is 10. The second-order valence-corrected chi connectivity index (χ2v) is 8.86. The average Bonchev–Trinajstić information content (AvgIpc) is 3.54. The van der Waals surface area contributed by atoms with E-state index in [9.17, 15) is 9.59 Å². The van der Waals surface area contributed by atoms with E-state index in [1.807, 2.05) is 28.8 Å². The summed E-state index contributed by atoms with van der Waals surface area (Å²) in [7, 11) is 1.63. The lowest BCUT2D eigenvalue weighted by molar-refractivity contribution is -0.113. The first-order chi connectivity index (χ1) is 17.1. The second-order valence-electron chi connectivity index (χ2n) is 7.91. The number of carbonyl (C=O) groups is 2. The van der Waals surface area contributed by atoms with Crippen LogP contribution in [0.5, 0.6) is 5.75 Å². The number of esters is 1. The molecule has 35 heavy (non-hydrogen) atoms. The van der Waals surface area contributed by atoms with Crippen LogP contribution in [0.15, 0.2) is 53.7 Å². The molecule has 2 aromatic carbocycles. The van der Waals surface area contributed by atoms with Crippen LogP contribution in [0.1, 0.15) is 30.1 Å². The highest BCUT2D eigenvalue weighted by Gasteiger charge is 2.22. The van der Waals surface area contributed by atoms with Gasteiger partial charge in [-0.3, -0.25) is 9.36 Å². The number of hydrogen-bond donors (Lipinski definition) is 1. The first kappa shape index (κ1) is 24.7. The second kappa shape index (κ2) is 11.9. The van der Waals surface area contributed by atoms with Crippen LogP contribution in [0.4, 0.5) is 5.69 Å². The van der Waals surface area contributed by atoms with Crippen molar-refractivity contribution >= 4 is 29.3 Å². The third-order valence-electron chi connectivity index (χ3n) is 5.49. The maximum Gasteiger partial charge on any atom is 0.338 e. The molecule has 4 rings (SSSR count). The van der Waals surface area contributed by atoms with Crippen LogP contribution in [0.25, 0.3) is 11.4 Å². The number of anilines is 1. The minimum absolute atomic E-state index is 0.0917. The Balaban J connectivity index is 1.43. The summed E-state index contributed by atoms with van der Waals surface area (Å²) in [6.45, 7) is 3.44. The van der Waals surface area contributed by atoms with Crippen LogP contribution in [0.3, 0.4) is 0 Å². The van der Waals surface area contributed by atoms with Crippen LogP contribution >= 0.6 is 11.8 Å². The quantitative estimate of drug-likeness (QED) is 0.331. The van der Waals surface area contributed by atoms with Gasteiger partial charge >= 0.3 is 5.97 Å². The van der Waals surface area contributed by atoms with Crippen molar-refractivity contribution < 1.29 is 23.8 Å². The average molecular weight is 497 g/mol. The predicted molar refractivity (Wildman–Crippen MR) is 133 cm³/mol. The van der Waals surface area contributed by atoms with Crippen LogP contribution < -0.4 is 10.1 Å². The molecule has 1 atom stereocenters. The van der Waals surface area contributed by atoms with Crippen LogP contribution in [0, 0.1) is 0 Å². The zero-order chi connectivity index (χ0) is 24.6. The van der Waals surface area contributed by atoms with E-state index in [4.69, 9.17) is 14.2 Å². The van der Waals surface area contributed by atoms with Crippen molar-refractivity contribution in [3.05, 3.63) is 54.1 Å². The predicted octanol–water partition coefficient (Wildman–Crippen LogP) is 4.04. The van der Waals surface area contributed by atoms with Crippen LogP contribution in [-0.2, 0) is 20.8 Å². The van der Waals surface area contributed by atoms with E-state index in [-0.39, 0.29) is 23.7 Å². The number of hydrogen-bond acceptors (Lipinski definition) is 8. The van der Waals surface area contributed by atoms with Crippen molar-refractivity contribution in [3.8, 4) is 17.1 Å². The first-order valence-electron chi connectivity index (χ1n) is 11.5. The van der Waals surface area contributed by atoms with Gasteiger partial charge in [0.05, 0.1) is 37.7 Å². The largest absolute Gasteiger partial charge is 0.497 e. The third kappa shape index (κ3) is 6.40. The topological polar surface area (TPSA) is 105 Å². The number of methoxy groups -OCH3 is 1. The molecule has 10 heteroatoms. The number of carbonyl (C=O) groups excluding carboxylic acids is 2. The summed E-state index contributed by atoms with van der Waals surface area (Å²) in [6.07, 6.45) is 2.10. The van der Waals surface area contributed by atoms with Crippen LogP contribution in [-0.4, -0.2) is 58.8 Å². The number of thioether (sulfide) groups is 1. The SMILES string of the molecule is CCOC(=O)c1ccc(NC(=O)CSc2nnc(-c3ccc(OC)cc3)n2C[C@H]2CCCO2)cc1. The fourth-order valence-corrected chi connectivity index (χ4v) is 4.48. The van der Waals surface area contributed by atoms with Gasteiger partial charge < -0.3 is 19.5 Å². The van der Waals surface area contributed by atoms with E-state index >= 15 is 0 Å². The molecule has 0 radical (unpaired) electrons. The van der Waals surface area contributed by atoms with Gasteiger partial charge in [0.2, 0.25) is 5.91 Å². The highest BCUT2D eigenvalue weighted by molar-refractivity contribution is 7.99. The molecule has 1 saturated heterocycles. The third-order valence-corrected chi connectivity index (χ3v) is 6.45. The molecule has 3 aromatic rings. The highest BCUT2D eigenvalue weighted by Crippen LogP contribution is 2.28. The zero-order valence-electron chi connectivity index (χ0n) is 19.7. The summed E-state index contributed by atoms with van der Waals surface area (Å²) in [4.78, 5) is 24.4. The molecule has 1 fully saturated rings. The van der Waals surface area contributed by atoms with Gasteiger partial charge in [0.1, 0.15) is 5.75 Å². The maximum atomic E-state index is 12.6. The van der Waals surface area contributed by atoms with Crippen molar-refractivity contribution in [1.29, 1.82) is 0 Å². The van der Waals surface area contributed by atoms with Gasteiger partial charge in [-0.2, -0.15) is 0 Å². The Morgan fingerprint density at radius 1 is 1.14 bits per heavy atom. The van der Waals surface area contributed by atoms with Crippen molar-refractivity contribution in [2.24, 2.45) is 0 Å². The van der Waals surface area contributed by atoms with Crippen molar-refractivity contribution in [1.82, 2.24) is 14.8 Å². The number of amides is 1. The van der Waals surface area contributed by atoms with Gasteiger partial charge in [-0.1, -0.05) is 11.8 Å². The van der Waals surface area contributed by atoms with E-state index < -0.39 is 0 Å². The number of aromatic nitrogens is 3. The van der Waals surface area contributed by atoms with Gasteiger partial charge in [-0.05, 0) is 68.3 Å². The summed E-state index contributed by atoms with van der Waals surface area (Å²) < 4.78 is 18.1. The van der Waals surface area contributed by atoms with Gasteiger partial charge in [0.15, 0.2) is 11.0 Å². The molecule has 0 aliphatic carbocycles. The minimum atomic E-state index is -0.390. The molecule has 2 heterocycles. The Labute approximate surface area is 208 Å². The molecule has 0 unspecified atom stereocenters. The Morgan fingerprint density at radius 3 is 2.57 bits per heavy atom. The molecule has 0 spiro atoms. The fraction of sp³-hybridized carbons (Fsp3) is 0.360. The number of nitrogens with zero attached hydrogens (tertiary/aromatic N) is 3. The van der Waals surface area contributed by atoms with Gasteiger partial charge in [0.25, 0.3) is 0 Å². The number of nitrogens with one attached hydrogen (secondary N) is 1. The monoisotopic (exact) mass is 496 g/mol. The molecular formula is C25H28N4O5S. The molecule has 1 aliphatic rings. The molecule has 9 nitrogen and oxygen atoms in total. The molecule has 1 aliphatic heterocycles. The summed E-state index contributed by atoms with van der Waals surface area (Å²) in [5.41, 5.74) is 1.95. The van der Waals surface area contributed by atoms with E-state index in [0.717, 1.165) is 36.6 Å². The lowest BCUT2D eigenvalue weighted by Gasteiger charge is -2.15. The van der Waals surface area contributed by atoms with Crippen LogP contribution in [0.2, 0.25) is 0 Å². The smallest absolute Gasteiger partial charge is 0.338 e. The normalized spacial score (nSPS) is 15.1. The molecule has 0 saturated carbocycles. The summed E-state index contributed by atoms with van der Waals surface area (Å²) in [5.74, 6) is 1.07. The van der Waals surface area contributed by atoms with E-state index in [1.165, 1.54) is 11.8 Å². The fourth-order valence-electron chi connectivity index (χ4n) is 3.74. The van der Waals surface area contributed by atoms with Gasteiger partial charge in [0, 0.05) is 17.9 Å². The lowest BCUT2D eigenvalue weighted by atomic mass is 10.2. The molecule has 1 N–H and O–H groups in total. The van der Waals surface area contributed by atoms with Crippen molar-refractivity contribution in [3.63, 3.8) is 0 Å². The molecule has 1 amide bonds. The minimum Gasteiger partial charge on any atom is -0.497 e. The number of benzene rings is 2. The highest BCUT2D eigenvalue weighted by atomic mass is 32.2. The first-order valence-corrected chi connectivity index (χ1v) is 12.4. The van der Waals surface area contributed by atoms with E-state index in [2.05, 4.69) is 15.5 Å². The Hall–Kier alpha value is -3.37. The lowest BCUT2D eigenvalue weighted by Crippen LogP contribution is -2.18. The van der Waals surface area contributed by atoms with Gasteiger partial charge in [-0.15, -0.1) is 10.2 Å². The molecule has 184 valence electrons. The number of ether oxygens (including phenoxy) is 3. The zero-order valence-corrected chi connectivity index (χ0v) is 20.5.